The van der Waals surface area contributed by atoms with Crippen LogP contribution in [0.25, 0.3) is 0 Å². The molecule has 2 N–H and O–H groups in total. The van der Waals surface area contributed by atoms with Crippen molar-refractivity contribution in [2.24, 2.45) is 0 Å². The fourth-order valence-electron chi connectivity index (χ4n) is 4.42. The molecule has 4 heteroatoms. The number of para-hydroxylation sites is 4. The first-order valence-corrected chi connectivity index (χ1v) is 9.54. The van der Waals surface area contributed by atoms with Gasteiger partial charge in [0.15, 0.2) is 0 Å². The Morgan fingerprint density at radius 2 is 1.00 bits per heavy atom. The highest BCUT2D eigenvalue weighted by atomic mass is 15.3. The topological polar surface area (TPSA) is 30.5 Å². The molecule has 0 fully saturated rings. The van der Waals surface area contributed by atoms with E-state index in [0.29, 0.717) is 0 Å². The summed E-state index contributed by atoms with van der Waals surface area (Å²) in [6.07, 6.45) is 0.440. The summed E-state index contributed by atoms with van der Waals surface area (Å²) in [6.45, 7) is 6.65. The number of nitrogens with zero attached hydrogens (tertiary/aromatic N) is 2. The number of anilines is 6. The lowest BCUT2D eigenvalue weighted by molar-refractivity contribution is 0.827. The average Bonchev–Trinajstić information content (AvgIpc) is 3.17. The van der Waals surface area contributed by atoms with Gasteiger partial charge in [-0.25, -0.2) is 0 Å². The van der Waals surface area contributed by atoms with Crippen molar-refractivity contribution in [1.82, 2.24) is 0 Å². The smallest absolute Gasteiger partial charge is 0.101 e. The van der Waals surface area contributed by atoms with Gasteiger partial charge in [0.05, 0.1) is 22.7 Å². The number of rotatable bonds is 2. The maximum Gasteiger partial charge on any atom is 0.101 e. The number of hydrogen-bond donors (Lipinski definition) is 2. The van der Waals surface area contributed by atoms with Gasteiger partial charge in [-0.05, 0) is 62.7 Å². The van der Waals surface area contributed by atoms with Crippen molar-refractivity contribution in [3.8, 4) is 0 Å². The first-order chi connectivity index (χ1) is 13.1. The van der Waals surface area contributed by atoms with E-state index in [1.54, 1.807) is 0 Å². The molecule has 0 saturated carbocycles. The van der Waals surface area contributed by atoms with E-state index in [2.05, 4.69) is 108 Å². The van der Waals surface area contributed by atoms with Crippen LogP contribution in [0, 0.1) is 6.92 Å². The number of benzene rings is 3. The summed E-state index contributed by atoms with van der Waals surface area (Å²) in [4.78, 5) is 4.79. The molecule has 2 heterocycles. The Bertz CT molecular complexity index is 935. The van der Waals surface area contributed by atoms with Crippen molar-refractivity contribution in [3.05, 3.63) is 72.3 Å². The lowest BCUT2D eigenvalue weighted by atomic mass is 10.1. The molecule has 136 valence electrons. The van der Waals surface area contributed by atoms with E-state index in [-0.39, 0.29) is 12.3 Å². The van der Waals surface area contributed by atoms with E-state index in [0.717, 1.165) is 0 Å². The molecule has 0 bridgehead atoms. The quantitative estimate of drug-likeness (QED) is 0.606. The van der Waals surface area contributed by atoms with Crippen LogP contribution in [0.2, 0.25) is 0 Å². The third kappa shape index (κ3) is 2.36. The Labute approximate surface area is 160 Å². The summed E-state index contributed by atoms with van der Waals surface area (Å²) in [5, 5.41) is 7.17. The molecule has 3 aromatic carbocycles. The third-order valence-electron chi connectivity index (χ3n) is 5.63. The lowest BCUT2D eigenvalue weighted by Gasteiger charge is -2.31. The van der Waals surface area contributed by atoms with Crippen LogP contribution in [0.5, 0.6) is 0 Å². The van der Waals surface area contributed by atoms with Gasteiger partial charge < -0.3 is 20.4 Å². The zero-order valence-electron chi connectivity index (χ0n) is 15.9. The minimum absolute atomic E-state index is 0.220. The number of hydrogen-bond acceptors (Lipinski definition) is 4. The van der Waals surface area contributed by atoms with Gasteiger partial charge in [-0.3, -0.25) is 0 Å². The van der Waals surface area contributed by atoms with Gasteiger partial charge in [0.2, 0.25) is 0 Å². The molecule has 0 amide bonds. The number of nitrogens with one attached hydrogen (secondary N) is 2. The first kappa shape index (κ1) is 16.1. The second-order valence-corrected chi connectivity index (χ2v) is 7.34. The summed E-state index contributed by atoms with van der Waals surface area (Å²) in [7, 11) is 0. The Morgan fingerprint density at radius 3 is 1.48 bits per heavy atom. The molecule has 5 rings (SSSR count). The fraction of sp³-hybridized carbons (Fsp3) is 0.217. The Hall–Kier alpha value is -3.14. The maximum absolute atomic E-state index is 3.59. The van der Waals surface area contributed by atoms with E-state index in [4.69, 9.17) is 0 Å². The second-order valence-electron chi connectivity index (χ2n) is 7.34. The summed E-state index contributed by atoms with van der Waals surface area (Å²) in [6, 6.07) is 23.7. The largest absolute Gasteiger partial charge is 0.363 e. The van der Waals surface area contributed by atoms with Gasteiger partial charge in [0, 0.05) is 11.4 Å². The van der Waals surface area contributed by atoms with Crippen LogP contribution in [-0.2, 0) is 0 Å². The van der Waals surface area contributed by atoms with Crippen molar-refractivity contribution >= 4 is 34.1 Å². The van der Waals surface area contributed by atoms with Crippen LogP contribution >= 0.6 is 0 Å². The van der Waals surface area contributed by atoms with Crippen molar-refractivity contribution in [2.75, 3.05) is 20.4 Å². The van der Waals surface area contributed by atoms with Crippen molar-refractivity contribution < 1.29 is 0 Å². The lowest BCUT2D eigenvalue weighted by Crippen LogP contribution is -2.31. The van der Waals surface area contributed by atoms with Gasteiger partial charge in [-0.15, -0.1) is 0 Å². The van der Waals surface area contributed by atoms with Gasteiger partial charge in [-0.1, -0.05) is 30.3 Å². The first-order valence-electron chi connectivity index (χ1n) is 9.54. The van der Waals surface area contributed by atoms with E-state index >= 15 is 0 Å². The molecule has 2 atom stereocenters. The highest BCUT2D eigenvalue weighted by Crippen LogP contribution is 2.46. The summed E-state index contributed by atoms with van der Waals surface area (Å²) in [5.41, 5.74) is 8.63. The van der Waals surface area contributed by atoms with Crippen molar-refractivity contribution in [1.29, 1.82) is 0 Å². The zero-order chi connectivity index (χ0) is 18.5. The molecule has 0 saturated heterocycles. The van der Waals surface area contributed by atoms with Crippen LogP contribution in [0.1, 0.15) is 19.4 Å². The maximum atomic E-state index is 3.59. The molecule has 0 unspecified atom stereocenters. The standard InChI is InChI=1S/C23H24N4/c1-15-20(26-16(2)24-18-9-4-6-11-22(18)26)13-8-14-21(15)27-17(3)25-19-10-5-7-12-23(19)27/h4-14,16-17,24-25H,1-3H3/t16-,17+. The monoisotopic (exact) mass is 356 g/mol. The van der Waals surface area contributed by atoms with Gasteiger partial charge in [0.1, 0.15) is 12.3 Å². The average molecular weight is 356 g/mol. The van der Waals surface area contributed by atoms with Crippen LogP contribution in [0.15, 0.2) is 66.7 Å². The van der Waals surface area contributed by atoms with E-state index in [1.807, 2.05) is 0 Å². The Morgan fingerprint density at radius 1 is 0.593 bits per heavy atom. The molecule has 0 aliphatic carbocycles. The molecule has 4 nitrogen and oxygen atoms in total. The van der Waals surface area contributed by atoms with Crippen LogP contribution in [0.4, 0.5) is 34.1 Å². The van der Waals surface area contributed by atoms with Crippen LogP contribution in [0.3, 0.4) is 0 Å². The minimum Gasteiger partial charge on any atom is -0.363 e. The molecule has 2 aliphatic rings. The summed E-state index contributed by atoms with van der Waals surface area (Å²) in [5.74, 6) is 0. The molecule has 3 aromatic rings. The van der Waals surface area contributed by atoms with Gasteiger partial charge in [0.25, 0.3) is 0 Å². The van der Waals surface area contributed by atoms with E-state index in [9.17, 15) is 0 Å². The minimum atomic E-state index is 0.220. The van der Waals surface area contributed by atoms with Crippen molar-refractivity contribution in [2.45, 2.75) is 33.1 Å². The SMILES string of the molecule is Cc1c(N2c3ccccc3N[C@H]2C)cccc1N1c2ccccc2N[C@@H]1C. The number of fused-ring (bicyclic) bond motifs is 2. The Kier molecular flexibility index (Phi) is 3.54. The van der Waals surface area contributed by atoms with Gasteiger partial charge >= 0.3 is 0 Å². The Balaban J connectivity index is 1.63. The second kappa shape index (κ2) is 5.95. The van der Waals surface area contributed by atoms with Crippen molar-refractivity contribution in [3.63, 3.8) is 0 Å². The molecular weight excluding hydrogens is 332 g/mol. The molecule has 0 spiro atoms. The van der Waals surface area contributed by atoms with Crippen LogP contribution in [-0.4, -0.2) is 12.3 Å². The molecule has 27 heavy (non-hydrogen) atoms. The van der Waals surface area contributed by atoms with Gasteiger partial charge in [-0.2, -0.15) is 0 Å². The summed E-state index contributed by atoms with van der Waals surface area (Å²) < 4.78 is 0. The van der Waals surface area contributed by atoms with Crippen LogP contribution < -0.4 is 20.4 Å². The highest BCUT2D eigenvalue weighted by molar-refractivity contribution is 5.88. The third-order valence-corrected chi connectivity index (χ3v) is 5.63. The molecule has 0 aromatic heterocycles. The van der Waals surface area contributed by atoms with E-state index in [1.165, 1.54) is 39.7 Å². The highest BCUT2D eigenvalue weighted by Gasteiger charge is 2.31. The normalized spacial score (nSPS) is 20.1. The molecule has 0 radical (unpaired) electrons. The molecular formula is C23H24N4. The predicted molar refractivity (Wildman–Crippen MR) is 115 cm³/mol. The zero-order valence-corrected chi connectivity index (χ0v) is 15.9. The fourth-order valence-corrected chi connectivity index (χ4v) is 4.42. The van der Waals surface area contributed by atoms with E-state index < -0.39 is 0 Å². The predicted octanol–water partition coefficient (Wildman–Crippen LogP) is 5.81. The summed E-state index contributed by atoms with van der Waals surface area (Å²) >= 11 is 0. The molecule has 2 aliphatic heterocycles.